The van der Waals surface area contributed by atoms with Gasteiger partial charge in [0.15, 0.2) is 0 Å². The first kappa shape index (κ1) is 14.6. The third-order valence-electron chi connectivity index (χ3n) is 3.69. The number of nitrogens with zero attached hydrogens (tertiary/aromatic N) is 1. The van der Waals surface area contributed by atoms with Crippen molar-refractivity contribution in [3.63, 3.8) is 0 Å². The highest BCUT2D eigenvalue weighted by molar-refractivity contribution is 5.68. The fourth-order valence-electron chi connectivity index (χ4n) is 2.72. The number of hydrogen-bond acceptors (Lipinski definition) is 4. The van der Waals surface area contributed by atoms with Crippen molar-refractivity contribution in [1.82, 2.24) is 4.90 Å². The molecular formula is C14H25NO4. The van der Waals surface area contributed by atoms with Gasteiger partial charge < -0.3 is 19.5 Å². The predicted molar refractivity (Wildman–Crippen MR) is 70.9 cm³/mol. The van der Waals surface area contributed by atoms with E-state index in [1.807, 2.05) is 20.8 Å². The minimum Gasteiger partial charge on any atom is -0.444 e. The SMILES string of the molecule is CC(C)(C)OC(=O)N1CC[C@H]([C@H]2C[C@H](O)CCO2)C1. The van der Waals surface area contributed by atoms with Crippen molar-refractivity contribution in [1.29, 1.82) is 0 Å². The molecule has 0 radical (unpaired) electrons. The van der Waals surface area contributed by atoms with Gasteiger partial charge in [-0.05, 0) is 40.0 Å². The molecule has 0 aliphatic carbocycles. The number of ether oxygens (including phenoxy) is 2. The van der Waals surface area contributed by atoms with Gasteiger partial charge in [0.1, 0.15) is 5.60 Å². The summed E-state index contributed by atoms with van der Waals surface area (Å²) in [7, 11) is 0. The number of amides is 1. The number of carbonyl (C=O) groups excluding carboxylic acids is 1. The van der Waals surface area contributed by atoms with E-state index in [4.69, 9.17) is 9.47 Å². The third-order valence-corrected chi connectivity index (χ3v) is 3.69. The summed E-state index contributed by atoms with van der Waals surface area (Å²) in [4.78, 5) is 13.7. The quantitative estimate of drug-likeness (QED) is 0.790. The van der Waals surface area contributed by atoms with Crippen LogP contribution in [-0.4, -0.2) is 53.6 Å². The molecule has 2 heterocycles. The van der Waals surface area contributed by atoms with Crippen LogP contribution in [0.15, 0.2) is 0 Å². The van der Waals surface area contributed by atoms with Gasteiger partial charge in [-0.15, -0.1) is 0 Å². The fraction of sp³-hybridized carbons (Fsp3) is 0.929. The van der Waals surface area contributed by atoms with Crippen LogP contribution in [0, 0.1) is 5.92 Å². The lowest BCUT2D eigenvalue weighted by molar-refractivity contribution is -0.0671. The molecule has 0 spiro atoms. The van der Waals surface area contributed by atoms with Crippen molar-refractivity contribution in [2.75, 3.05) is 19.7 Å². The fourth-order valence-corrected chi connectivity index (χ4v) is 2.72. The van der Waals surface area contributed by atoms with E-state index in [0.717, 1.165) is 19.4 Å². The standard InChI is InChI=1S/C14H25NO4/c1-14(2,3)19-13(17)15-6-4-10(9-15)12-8-11(16)5-7-18-12/h10-12,16H,4-9H2,1-3H3/t10-,11+,12+/m0/s1. The van der Waals surface area contributed by atoms with Gasteiger partial charge in [0.05, 0.1) is 12.2 Å². The van der Waals surface area contributed by atoms with Crippen molar-refractivity contribution in [2.24, 2.45) is 5.92 Å². The predicted octanol–water partition coefficient (Wildman–Crippen LogP) is 1.78. The molecule has 2 aliphatic rings. The summed E-state index contributed by atoms with van der Waals surface area (Å²) in [6, 6.07) is 0. The monoisotopic (exact) mass is 271 g/mol. The lowest BCUT2D eigenvalue weighted by Crippen LogP contribution is -2.38. The summed E-state index contributed by atoms with van der Waals surface area (Å²) in [6.07, 6.45) is 1.92. The Hall–Kier alpha value is -0.810. The zero-order valence-corrected chi connectivity index (χ0v) is 12.1. The van der Waals surface area contributed by atoms with E-state index in [0.29, 0.717) is 25.5 Å². The molecule has 5 heteroatoms. The first-order valence-corrected chi connectivity index (χ1v) is 7.13. The molecule has 3 atom stereocenters. The number of hydrogen-bond donors (Lipinski definition) is 1. The van der Waals surface area contributed by atoms with Gasteiger partial charge in [0.2, 0.25) is 0 Å². The minimum absolute atomic E-state index is 0.0798. The Morgan fingerprint density at radius 3 is 2.74 bits per heavy atom. The summed E-state index contributed by atoms with van der Waals surface area (Å²) in [5.41, 5.74) is -0.452. The van der Waals surface area contributed by atoms with Crippen molar-refractivity contribution >= 4 is 6.09 Å². The van der Waals surface area contributed by atoms with Crippen LogP contribution in [0.1, 0.15) is 40.0 Å². The second kappa shape index (κ2) is 5.67. The summed E-state index contributed by atoms with van der Waals surface area (Å²) in [5.74, 6) is 0.322. The second-order valence-corrected chi connectivity index (χ2v) is 6.56. The molecule has 2 fully saturated rings. The van der Waals surface area contributed by atoms with Gasteiger partial charge in [-0.25, -0.2) is 4.79 Å². The molecule has 0 aromatic rings. The van der Waals surface area contributed by atoms with Crippen LogP contribution >= 0.6 is 0 Å². The largest absolute Gasteiger partial charge is 0.444 e. The van der Waals surface area contributed by atoms with Crippen LogP contribution in [0.4, 0.5) is 4.79 Å². The van der Waals surface area contributed by atoms with Crippen LogP contribution in [-0.2, 0) is 9.47 Å². The Bertz CT molecular complexity index is 326. The zero-order valence-electron chi connectivity index (χ0n) is 12.1. The van der Waals surface area contributed by atoms with Gasteiger partial charge in [0, 0.05) is 25.6 Å². The van der Waals surface area contributed by atoms with Gasteiger partial charge in [-0.2, -0.15) is 0 Å². The second-order valence-electron chi connectivity index (χ2n) is 6.56. The van der Waals surface area contributed by atoms with Gasteiger partial charge in [-0.3, -0.25) is 0 Å². The third kappa shape index (κ3) is 4.08. The Morgan fingerprint density at radius 2 is 2.11 bits per heavy atom. The van der Waals surface area contributed by atoms with Crippen molar-refractivity contribution in [3.05, 3.63) is 0 Å². The number of carbonyl (C=O) groups is 1. The molecule has 0 bridgehead atoms. The van der Waals surface area contributed by atoms with Crippen LogP contribution in [0.5, 0.6) is 0 Å². The summed E-state index contributed by atoms with van der Waals surface area (Å²) < 4.78 is 11.1. The normalized spacial score (nSPS) is 32.4. The highest BCUT2D eigenvalue weighted by Crippen LogP contribution is 2.28. The van der Waals surface area contributed by atoms with Gasteiger partial charge in [-0.1, -0.05) is 0 Å². The van der Waals surface area contributed by atoms with E-state index in [1.165, 1.54) is 0 Å². The molecule has 0 aromatic carbocycles. The highest BCUT2D eigenvalue weighted by Gasteiger charge is 2.36. The maximum Gasteiger partial charge on any atom is 0.410 e. The molecule has 19 heavy (non-hydrogen) atoms. The molecular weight excluding hydrogens is 246 g/mol. The first-order chi connectivity index (χ1) is 8.85. The van der Waals surface area contributed by atoms with Gasteiger partial charge >= 0.3 is 6.09 Å². The first-order valence-electron chi connectivity index (χ1n) is 7.13. The van der Waals surface area contributed by atoms with E-state index in [2.05, 4.69) is 0 Å². The molecule has 110 valence electrons. The molecule has 2 rings (SSSR count). The maximum absolute atomic E-state index is 12.0. The summed E-state index contributed by atoms with van der Waals surface area (Å²) in [5, 5.41) is 9.68. The van der Waals surface area contributed by atoms with Crippen LogP contribution in [0.25, 0.3) is 0 Å². The Balaban J connectivity index is 1.84. The van der Waals surface area contributed by atoms with E-state index >= 15 is 0 Å². The Labute approximate surface area is 114 Å². The summed E-state index contributed by atoms with van der Waals surface area (Å²) >= 11 is 0. The average Bonchev–Trinajstić information content (AvgIpc) is 2.75. The molecule has 1 amide bonds. The molecule has 0 saturated carbocycles. The highest BCUT2D eigenvalue weighted by atomic mass is 16.6. The van der Waals surface area contributed by atoms with E-state index in [9.17, 15) is 9.90 Å². The number of aliphatic hydroxyl groups is 1. The molecule has 1 N–H and O–H groups in total. The molecule has 5 nitrogen and oxygen atoms in total. The van der Waals surface area contributed by atoms with Crippen LogP contribution < -0.4 is 0 Å². The lowest BCUT2D eigenvalue weighted by Gasteiger charge is -2.31. The van der Waals surface area contributed by atoms with E-state index in [-0.39, 0.29) is 18.3 Å². The molecule has 2 saturated heterocycles. The lowest BCUT2D eigenvalue weighted by atomic mass is 9.93. The van der Waals surface area contributed by atoms with E-state index < -0.39 is 5.60 Å². The molecule has 0 unspecified atom stereocenters. The molecule has 0 aromatic heterocycles. The summed E-state index contributed by atoms with van der Waals surface area (Å²) in [6.45, 7) is 7.63. The van der Waals surface area contributed by atoms with Gasteiger partial charge in [0.25, 0.3) is 0 Å². The topological polar surface area (TPSA) is 59.0 Å². The van der Waals surface area contributed by atoms with Crippen molar-refractivity contribution in [3.8, 4) is 0 Å². The zero-order chi connectivity index (χ0) is 14.0. The van der Waals surface area contributed by atoms with Crippen LogP contribution in [0.2, 0.25) is 0 Å². The number of aliphatic hydroxyl groups excluding tert-OH is 1. The smallest absolute Gasteiger partial charge is 0.410 e. The molecule has 2 aliphatic heterocycles. The minimum atomic E-state index is -0.452. The van der Waals surface area contributed by atoms with Crippen molar-refractivity contribution < 1.29 is 19.4 Å². The van der Waals surface area contributed by atoms with Crippen LogP contribution in [0.3, 0.4) is 0 Å². The average molecular weight is 271 g/mol. The number of rotatable bonds is 1. The Kier molecular flexibility index (Phi) is 4.36. The van der Waals surface area contributed by atoms with Crippen molar-refractivity contribution in [2.45, 2.75) is 57.8 Å². The van der Waals surface area contributed by atoms with E-state index in [1.54, 1.807) is 4.90 Å². The number of likely N-dealkylation sites (tertiary alicyclic amines) is 1. The Morgan fingerprint density at radius 1 is 1.37 bits per heavy atom. The maximum atomic E-state index is 12.0.